The molecule has 0 spiro atoms. The summed E-state index contributed by atoms with van der Waals surface area (Å²) in [6, 6.07) is 3.81. The highest BCUT2D eigenvalue weighted by atomic mass is 16.3. The second-order valence-corrected chi connectivity index (χ2v) is 5.23. The van der Waals surface area contributed by atoms with Crippen LogP contribution >= 0.6 is 0 Å². The zero-order chi connectivity index (χ0) is 12.3. The molecule has 2 rings (SSSR count). The quantitative estimate of drug-likeness (QED) is 0.831. The maximum Gasteiger partial charge on any atom is 0.237 e. The van der Waals surface area contributed by atoms with Crippen molar-refractivity contribution in [1.29, 1.82) is 0 Å². The van der Waals surface area contributed by atoms with Gasteiger partial charge < -0.3 is 15.1 Å². The van der Waals surface area contributed by atoms with Gasteiger partial charge in [-0.25, -0.2) is 0 Å². The summed E-state index contributed by atoms with van der Waals surface area (Å²) in [6.07, 6.45) is 3.68. The van der Waals surface area contributed by atoms with Crippen LogP contribution in [0.5, 0.6) is 0 Å². The van der Waals surface area contributed by atoms with E-state index in [1.165, 1.54) is 0 Å². The summed E-state index contributed by atoms with van der Waals surface area (Å²) in [5, 5.41) is 6.18. The van der Waals surface area contributed by atoms with Crippen molar-refractivity contribution in [2.75, 3.05) is 13.1 Å². The van der Waals surface area contributed by atoms with E-state index in [0.29, 0.717) is 6.54 Å². The molecule has 0 saturated carbocycles. The minimum atomic E-state index is -0.169. The van der Waals surface area contributed by atoms with Crippen molar-refractivity contribution in [3.8, 4) is 0 Å². The third-order valence-electron chi connectivity index (χ3n) is 3.27. The molecule has 1 saturated heterocycles. The molecule has 1 atom stereocenters. The first-order valence-electron chi connectivity index (χ1n) is 6.15. The fourth-order valence-electron chi connectivity index (χ4n) is 2.09. The number of carbonyl (C=O) groups is 1. The Kier molecular flexibility index (Phi) is 3.52. The van der Waals surface area contributed by atoms with Crippen LogP contribution in [0.4, 0.5) is 0 Å². The number of amides is 1. The maximum atomic E-state index is 11.9. The van der Waals surface area contributed by atoms with Crippen LogP contribution < -0.4 is 10.6 Å². The minimum Gasteiger partial charge on any atom is -0.469 e. The standard InChI is InChI=1S/C13H20N2O2/c1-13(2,11-6-4-8-17-11)9-15-12(16)10-5-3-7-14-10/h4,6,8,10,14H,3,5,7,9H2,1-2H3,(H,15,16). The first-order chi connectivity index (χ1) is 8.09. The van der Waals surface area contributed by atoms with Crippen molar-refractivity contribution in [3.63, 3.8) is 0 Å². The summed E-state index contributed by atoms with van der Waals surface area (Å²) in [7, 11) is 0. The van der Waals surface area contributed by atoms with Crippen LogP contribution in [0.3, 0.4) is 0 Å². The third kappa shape index (κ3) is 2.88. The van der Waals surface area contributed by atoms with E-state index in [1.54, 1.807) is 6.26 Å². The smallest absolute Gasteiger partial charge is 0.237 e. The van der Waals surface area contributed by atoms with Crippen LogP contribution in [0.25, 0.3) is 0 Å². The molecule has 94 valence electrons. The first kappa shape index (κ1) is 12.2. The second kappa shape index (κ2) is 4.92. The van der Waals surface area contributed by atoms with Gasteiger partial charge in [-0.15, -0.1) is 0 Å². The molecule has 0 aliphatic carbocycles. The summed E-state index contributed by atoms with van der Waals surface area (Å²) in [5.41, 5.74) is -0.169. The Bertz CT molecular complexity index is 365. The topological polar surface area (TPSA) is 54.3 Å². The van der Waals surface area contributed by atoms with Crippen molar-refractivity contribution in [1.82, 2.24) is 10.6 Å². The lowest BCUT2D eigenvalue weighted by molar-refractivity contribution is -0.123. The fourth-order valence-corrected chi connectivity index (χ4v) is 2.09. The van der Waals surface area contributed by atoms with Crippen molar-refractivity contribution in [2.24, 2.45) is 0 Å². The van der Waals surface area contributed by atoms with Crippen LogP contribution in [-0.2, 0) is 10.2 Å². The van der Waals surface area contributed by atoms with Gasteiger partial charge in [0.15, 0.2) is 0 Å². The van der Waals surface area contributed by atoms with E-state index in [1.807, 2.05) is 12.1 Å². The summed E-state index contributed by atoms with van der Waals surface area (Å²) < 4.78 is 5.39. The Balaban J connectivity index is 1.87. The summed E-state index contributed by atoms with van der Waals surface area (Å²) in [4.78, 5) is 11.9. The molecule has 4 nitrogen and oxygen atoms in total. The molecule has 1 aliphatic heterocycles. The third-order valence-corrected chi connectivity index (χ3v) is 3.27. The Morgan fingerprint density at radius 3 is 3.06 bits per heavy atom. The Labute approximate surface area is 102 Å². The van der Waals surface area contributed by atoms with E-state index >= 15 is 0 Å². The lowest BCUT2D eigenvalue weighted by Crippen LogP contribution is -2.44. The van der Waals surface area contributed by atoms with Crippen LogP contribution in [0, 0.1) is 0 Å². The van der Waals surface area contributed by atoms with Gasteiger partial charge in [0, 0.05) is 12.0 Å². The molecule has 1 fully saturated rings. The van der Waals surface area contributed by atoms with Gasteiger partial charge in [0.1, 0.15) is 5.76 Å². The highest BCUT2D eigenvalue weighted by Gasteiger charge is 2.27. The highest BCUT2D eigenvalue weighted by molar-refractivity contribution is 5.82. The average Bonchev–Trinajstić information content (AvgIpc) is 2.97. The normalized spacial score (nSPS) is 20.5. The largest absolute Gasteiger partial charge is 0.469 e. The molecule has 17 heavy (non-hydrogen) atoms. The summed E-state index contributed by atoms with van der Waals surface area (Å²) in [5.74, 6) is 0.999. The van der Waals surface area contributed by atoms with E-state index in [-0.39, 0.29) is 17.4 Å². The monoisotopic (exact) mass is 236 g/mol. The fraction of sp³-hybridized carbons (Fsp3) is 0.615. The predicted molar refractivity (Wildman–Crippen MR) is 65.8 cm³/mol. The maximum absolute atomic E-state index is 11.9. The molecule has 4 heteroatoms. The zero-order valence-electron chi connectivity index (χ0n) is 10.5. The van der Waals surface area contributed by atoms with Crippen LogP contribution in [0.2, 0.25) is 0 Å². The number of hydrogen-bond acceptors (Lipinski definition) is 3. The number of hydrogen-bond donors (Lipinski definition) is 2. The van der Waals surface area contributed by atoms with Crippen molar-refractivity contribution < 1.29 is 9.21 Å². The minimum absolute atomic E-state index is 0.0117. The number of furan rings is 1. The number of carbonyl (C=O) groups excluding carboxylic acids is 1. The molecule has 1 amide bonds. The molecule has 2 heterocycles. The van der Waals surface area contributed by atoms with Crippen LogP contribution in [0.15, 0.2) is 22.8 Å². The van der Waals surface area contributed by atoms with Gasteiger partial charge in [-0.2, -0.15) is 0 Å². The van der Waals surface area contributed by atoms with E-state index in [4.69, 9.17) is 4.42 Å². The van der Waals surface area contributed by atoms with E-state index in [2.05, 4.69) is 24.5 Å². The number of nitrogens with one attached hydrogen (secondary N) is 2. The number of rotatable bonds is 4. The van der Waals surface area contributed by atoms with Gasteiger partial charge in [-0.1, -0.05) is 13.8 Å². The van der Waals surface area contributed by atoms with Gasteiger partial charge in [-0.05, 0) is 31.5 Å². The van der Waals surface area contributed by atoms with E-state index in [9.17, 15) is 4.79 Å². The molecule has 1 aromatic heterocycles. The second-order valence-electron chi connectivity index (χ2n) is 5.23. The molecule has 0 aromatic carbocycles. The van der Waals surface area contributed by atoms with Gasteiger partial charge in [0.2, 0.25) is 5.91 Å². The van der Waals surface area contributed by atoms with Crippen molar-refractivity contribution in [2.45, 2.75) is 38.1 Å². The molecule has 0 bridgehead atoms. The lowest BCUT2D eigenvalue weighted by Gasteiger charge is -2.23. The molecule has 0 radical (unpaired) electrons. The van der Waals surface area contributed by atoms with Gasteiger partial charge in [0.25, 0.3) is 0 Å². The Hall–Kier alpha value is -1.29. The molecule has 1 unspecified atom stereocenters. The van der Waals surface area contributed by atoms with Gasteiger partial charge >= 0.3 is 0 Å². The lowest BCUT2D eigenvalue weighted by atomic mass is 9.90. The Morgan fingerprint density at radius 1 is 1.65 bits per heavy atom. The van der Waals surface area contributed by atoms with Gasteiger partial charge in [-0.3, -0.25) is 4.79 Å². The molecule has 1 aromatic rings. The zero-order valence-corrected chi connectivity index (χ0v) is 10.5. The van der Waals surface area contributed by atoms with Gasteiger partial charge in [0.05, 0.1) is 12.3 Å². The molecular weight excluding hydrogens is 216 g/mol. The predicted octanol–water partition coefficient (Wildman–Crippen LogP) is 1.43. The van der Waals surface area contributed by atoms with Crippen molar-refractivity contribution in [3.05, 3.63) is 24.2 Å². The first-order valence-corrected chi connectivity index (χ1v) is 6.15. The summed E-state index contributed by atoms with van der Waals surface area (Å²) >= 11 is 0. The molecular formula is C13H20N2O2. The summed E-state index contributed by atoms with van der Waals surface area (Å²) in [6.45, 7) is 5.67. The highest BCUT2D eigenvalue weighted by Crippen LogP contribution is 2.22. The van der Waals surface area contributed by atoms with Crippen molar-refractivity contribution >= 4 is 5.91 Å². The van der Waals surface area contributed by atoms with Crippen LogP contribution in [0.1, 0.15) is 32.4 Å². The Morgan fingerprint density at radius 2 is 2.47 bits per heavy atom. The SMILES string of the molecule is CC(C)(CNC(=O)C1CCCN1)c1ccco1. The van der Waals surface area contributed by atoms with E-state index < -0.39 is 0 Å². The molecule has 1 aliphatic rings. The average molecular weight is 236 g/mol. The van der Waals surface area contributed by atoms with Crippen LogP contribution in [-0.4, -0.2) is 25.0 Å². The van der Waals surface area contributed by atoms with E-state index in [0.717, 1.165) is 25.1 Å². The molecule has 2 N–H and O–H groups in total.